The lowest BCUT2D eigenvalue weighted by atomic mass is 9.99. The topological polar surface area (TPSA) is 86.8 Å². The van der Waals surface area contributed by atoms with Gasteiger partial charge in [0, 0.05) is 29.7 Å². The van der Waals surface area contributed by atoms with Gasteiger partial charge < -0.3 is 0 Å². The molecule has 110 valence electrons. The van der Waals surface area contributed by atoms with Gasteiger partial charge >= 0.3 is 0 Å². The van der Waals surface area contributed by atoms with Crippen LogP contribution >= 0.6 is 11.6 Å². The van der Waals surface area contributed by atoms with Crippen molar-refractivity contribution in [2.45, 2.75) is 19.8 Å². The van der Waals surface area contributed by atoms with Gasteiger partial charge in [0.15, 0.2) is 5.65 Å². The fourth-order valence-corrected chi connectivity index (χ4v) is 2.57. The van der Waals surface area contributed by atoms with E-state index in [1.165, 1.54) is 16.9 Å². The Hall–Kier alpha value is -2.65. The van der Waals surface area contributed by atoms with Crippen LogP contribution in [0.15, 0.2) is 29.5 Å². The van der Waals surface area contributed by atoms with Gasteiger partial charge in [-0.25, -0.2) is 9.50 Å². The Morgan fingerprint density at radius 3 is 2.82 bits per heavy atom. The summed E-state index contributed by atoms with van der Waals surface area (Å²) in [7, 11) is 0. The van der Waals surface area contributed by atoms with E-state index in [1.54, 1.807) is 12.3 Å². The van der Waals surface area contributed by atoms with Crippen LogP contribution in [0.1, 0.15) is 30.9 Å². The summed E-state index contributed by atoms with van der Waals surface area (Å²) in [4.78, 5) is 21.3. The van der Waals surface area contributed by atoms with Gasteiger partial charge in [-0.05, 0) is 12.0 Å². The summed E-state index contributed by atoms with van der Waals surface area (Å²) in [5.74, 6) is -0.0419. The number of pyridine rings is 1. The van der Waals surface area contributed by atoms with E-state index in [9.17, 15) is 4.79 Å². The van der Waals surface area contributed by atoms with E-state index in [0.717, 1.165) is 0 Å². The van der Waals surface area contributed by atoms with Crippen LogP contribution in [0.2, 0.25) is 5.02 Å². The Kier molecular flexibility index (Phi) is 3.43. The van der Waals surface area contributed by atoms with Gasteiger partial charge in [-0.3, -0.25) is 14.9 Å². The number of nitriles is 1. The Labute approximate surface area is 131 Å². The number of rotatable bonds is 2. The Morgan fingerprint density at radius 1 is 1.41 bits per heavy atom. The number of halogens is 1. The number of fused-ring (bicyclic) bond motifs is 1. The molecule has 0 aliphatic rings. The van der Waals surface area contributed by atoms with Gasteiger partial charge in [-0.2, -0.15) is 5.26 Å². The van der Waals surface area contributed by atoms with Crippen molar-refractivity contribution in [1.82, 2.24) is 19.6 Å². The van der Waals surface area contributed by atoms with E-state index >= 15 is 0 Å². The summed E-state index contributed by atoms with van der Waals surface area (Å²) in [5, 5.41) is 12.4. The van der Waals surface area contributed by atoms with Crippen LogP contribution in [0.25, 0.3) is 16.9 Å². The molecule has 0 aliphatic heterocycles. The average Bonchev–Trinajstić information content (AvgIpc) is 2.90. The standard InChI is InChI=1S/C15H12ClN5O/c1-8(2)12-13(9-3-11(16)7-18-5-9)20-14-10(4-17)6-19-21(14)15(12)22/h3,5-8,19H,1-2H3. The summed E-state index contributed by atoms with van der Waals surface area (Å²) in [6.07, 6.45) is 4.59. The molecule has 0 aliphatic carbocycles. The second-order valence-electron chi connectivity index (χ2n) is 5.18. The minimum atomic E-state index is -0.225. The van der Waals surface area contributed by atoms with E-state index in [-0.39, 0.29) is 11.5 Å². The van der Waals surface area contributed by atoms with Crippen molar-refractivity contribution in [2.75, 3.05) is 0 Å². The lowest BCUT2D eigenvalue weighted by molar-refractivity contribution is 0.797. The number of nitrogens with one attached hydrogen (secondary N) is 1. The summed E-state index contributed by atoms with van der Waals surface area (Å²) < 4.78 is 1.29. The molecule has 22 heavy (non-hydrogen) atoms. The molecule has 0 radical (unpaired) electrons. The zero-order chi connectivity index (χ0) is 15.9. The molecule has 1 N–H and O–H groups in total. The highest BCUT2D eigenvalue weighted by atomic mass is 35.5. The molecular formula is C15H12ClN5O. The Bertz CT molecular complexity index is 964. The molecule has 3 rings (SSSR count). The smallest absolute Gasteiger partial charge is 0.276 e. The van der Waals surface area contributed by atoms with Gasteiger partial charge in [0.25, 0.3) is 5.56 Å². The molecule has 3 heterocycles. The normalized spacial score (nSPS) is 11.0. The van der Waals surface area contributed by atoms with Crippen LogP contribution in [0.4, 0.5) is 0 Å². The van der Waals surface area contributed by atoms with E-state index < -0.39 is 0 Å². The number of aromatic amines is 1. The summed E-state index contributed by atoms with van der Waals surface area (Å²) in [6.45, 7) is 3.83. The maximum absolute atomic E-state index is 12.7. The third-order valence-electron chi connectivity index (χ3n) is 3.37. The van der Waals surface area contributed by atoms with Gasteiger partial charge in [-0.1, -0.05) is 25.4 Å². The SMILES string of the molecule is CC(C)c1c(-c2cncc(Cl)c2)nc2c(C#N)c[nH]n2c1=O. The van der Waals surface area contributed by atoms with E-state index in [4.69, 9.17) is 16.9 Å². The third kappa shape index (κ3) is 2.16. The average molecular weight is 314 g/mol. The molecule has 0 spiro atoms. The zero-order valence-electron chi connectivity index (χ0n) is 12.0. The highest BCUT2D eigenvalue weighted by Gasteiger charge is 2.20. The van der Waals surface area contributed by atoms with Gasteiger partial charge in [0.05, 0.1) is 10.7 Å². The first kappa shape index (κ1) is 14.3. The molecule has 0 amide bonds. The fraction of sp³-hybridized carbons (Fsp3) is 0.200. The molecule has 0 bridgehead atoms. The number of hydrogen-bond acceptors (Lipinski definition) is 4. The highest BCUT2D eigenvalue weighted by Crippen LogP contribution is 2.27. The first-order chi connectivity index (χ1) is 10.5. The molecule has 6 nitrogen and oxygen atoms in total. The molecule has 0 atom stereocenters. The third-order valence-corrected chi connectivity index (χ3v) is 3.58. The maximum Gasteiger partial charge on any atom is 0.276 e. The maximum atomic E-state index is 12.7. The van der Waals surface area contributed by atoms with Crippen molar-refractivity contribution >= 4 is 17.2 Å². The molecule has 7 heteroatoms. The van der Waals surface area contributed by atoms with Gasteiger partial charge in [0.2, 0.25) is 0 Å². The Morgan fingerprint density at radius 2 is 2.18 bits per heavy atom. The summed E-state index contributed by atoms with van der Waals surface area (Å²) in [5.41, 5.74) is 2.09. The first-order valence-corrected chi connectivity index (χ1v) is 7.05. The lowest BCUT2D eigenvalue weighted by Crippen LogP contribution is -2.22. The lowest BCUT2D eigenvalue weighted by Gasteiger charge is -2.11. The minimum Gasteiger partial charge on any atom is -0.295 e. The molecule has 3 aromatic heterocycles. The van der Waals surface area contributed by atoms with Crippen LogP contribution in [-0.2, 0) is 0 Å². The van der Waals surface area contributed by atoms with E-state index in [2.05, 4.69) is 15.1 Å². The fourth-order valence-electron chi connectivity index (χ4n) is 2.39. The minimum absolute atomic E-state index is 0.0419. The van der Waals surface area contributed by atoms with Gasteiger partial charge in [-0.15, -0.1) is 0 Å². The molecule has 0 saturated carbocycles. The monoisotopic (exact) mass is 313 g/mol. The highest BCUT2D eigenvalue weighted by molar-refractivity contribution is 6.30. The molecule has 0 aromatic carbocycles. The van der Waals surface area contributed by atoms with Crippen molar-refractivity contribution in [3.8, 4) is 17.3 Å². The molecule has 0 saturated heterocycles. The predicted molar refractivity (Wildman–Crippen MR) is 82.9 cm³/mol. The van der Waals surface area contributed by atoms with Crippen LogP contribution in [-0.4, -0.2) is 19.6 Å². The van der Waals surface area contributed by atoms with Crippen LogP contribution in [0.5, 0.6) is 0 Å². The number of nitrogens with zero attached hydrogens (tertiary/aromatic N) is 4. The summed E-state index contributed by atoms with van der Waals surface area (Å²) in [6, 6.07) is 3.73. The second-order valence-corrected chi connectivity index (χ2v) is 5.62. The Balaban J connectivity index is 2.44. The zero-order valence-corrected chi connectivity index (χ0v) is 12.7. The number of hydrogen-bond donors (Lipinski definition) is 1. The summed E-state index contributed by atoms with van der Waals surface area (Å²) >= 11 is 5.99. The van der Waals surface area contributed by atoms with Crippen LogP contribution < -0.4 is 5.56 Å². The molecule has 0 unspecified atom stereocenters. The molecular weight excluding hydrogens is 302 g/mol. The molecule has 0 fully saturated rings. The van der Waals surface area contributed by atoms with Crippen molar-refractivity contribution in [1.29, 1.82) is 5.26 Å². The van der Waals surface area contributed by atoms with E-state index in [1.807, 2.05) is 19.9 Å². The van der Waals surface area contributed by atoms with Crippen LogP contribution in [0.3, 0.4) is 0 Å². The van der Waals surface area contributed by atoms with Crippen molar-refractivity contribution < 1.29 is 0 Å². The molecule has 3 aromatic rings. The predicted octanol–water partition coefficient (Wildman–Crippen LogP) is 2.73. The van der Waals surface area contributed by atoms with Gasteiger partial charge in [0.1, 0.15) is 11.6 Å². The first-order valence-electron chi connectivity index (χ1n) is 6.68. The number of aromatic nitrogens is 4. The van der Waals surface area contributed by atoms with Crippen molar-refractivity contribution in [3.63, 3.8) is 0 Å². The number of H-pyrrole nitrogens is 1. The van der Waals surface area contributed by atoms with Crippen molar-refractivity contribution in [3.05, 3.63) is 51.2 Å². The van der Waals surface area contributed by atoms with Crippen molar-refractivity contribution in [2.24, 2.45) is 0 Å². The quantitative estimate of drug-likeness (QED) is 0.788. The largest absolute Gasteiger partial charge is 0.295 e. The second kappa shape index (κ2) is 5.28. The van der Waals surface area contributed by atoms with Crippen LogP contribution in [0, 0.1) is 11.3 Å². The van der Waals surface area contributed by atoms with E-state index in [0.29, 0.717) is 33.1 Å².